The van der Waals surface area contributed by atoms with Gasteiger partial charge in [-0.1, -0.05) is 35.9 Å². The molecule has 1 aliphatic heterocycles. The second-order valence-corrected chi connectivity index (χ2v) is 6.20. The lowest BCUT2D eigenvalue weighted by Crippen LogP contribution is -2.29. The minimum Gasteiger partial charge on any atom is -0.378 e. The molecule has 4 rings (SSSR count). The number of hydrogen-bond acceptors (Lipinski definition) is 1. The minimum absolute atomic E-state index is 0.192. The molecule has 2 aromatic carbocycles. The third-order valence-electron chi connectivity index (χ3n) is 4.55. The van der Waals surface area contributed by atoms with Crippen LogP contribution in [0.4, 0.5) is 10.1 Å². The molecule has 1 heterocycles. The molecule has 3 atom stereocenters. The van der Waals surface area contributed by atoms with E-state index in [4.69, 9.17) is 11.6 Å². The molecule has 0 unspecified atom stereocenters. The molecule has 3 heteroatoms. The lowest BCUT2D eigenvalue weighted by Gasteiger charge is -2.37. The van der Waals surface area contributed by atoms with Crippen molar-refractivity contribution in [2.75, 3.05) is 5.32 Å². The maximum Gasteiger partial charge on any atom is 0.123 e. The third-order valence-corrected chi connectivity index (χ3v) is 4.79. The Balaban J connectivity index is 1.78. The smallest absolute Gasteiger partial charge is 0.123 e. The number of allylic oxidation sites excluding steroid dienone is 2. The summed E-state index contributed by atoms with van der Waals surface area (Å²) in [5.41, 5.74) is 3.52. The normalized spacial score (nSPS) is 26.1. The summed E-state index contributed by atoms with van der Waals surface area (Å²) in [5.74, 6) is 0.652. The zero-order valence-electron chi connectivity index (χ0n) is 11.4. The van der Waals surface area contributed by atoms with E-state index in [0.717, 1.165) is 22.7 Å². The van der Waals surface area contributed by atoms with Gasteiger partial charge in [-0.25, -0.2) is 4.39 Å². The number of nitrogens with one attached hydrogen (secondary N) is 1. The molecule has 2 aromatic rings. The predicted molar refractivity (Wildman–Crippen MR) is 84.2 cm³/mol. The molecular formula is C18H15ClFN. The number of rotatable bonds is 1. The summed E-state index contributed by atoms with van der Waals surface area (Å²) in [6, 6.07) is 13.0. The Morgan fingerprint density at radius 3 is 2.71 bits per heavy atom. The Morgan fingerprint density at radius 2 is 1.90 bits per heavy atom. The van der Waals surface area contributed by atoms with E-state index in [1.54, 1.807) is 0 Å². The summed E-state index contributed by atoms with van der Waals surface area (Å²) in [7, 11) is 0. The van der Waals surface area contributed by atoms with Crippen LogP contribution < -0.4 is 5.32 Å². The quantitative estimate of drug-likeness (QED) is 0.704. The van der Waals surface area contributed by atoms with Crippen LogP contribution in [0, 0.1) is 11.7 Å². The summed E-state index contributed by atoms with van der Waals surface area (Å²) >= 11 is 6.14. The van der Waals surface area contributed by atoms with Gasteiger partial charge in [-0.2, -0.15) is 0 Å². The summed E-state index contributed by atoms with van der Waals surface area (Å²) in [5, 5.41) is 4.38. The van der Waals surface area contributed by atoms with Gasteiger partial charge >= 0.3 is 0 Å². The van der Waals surface area contributed by atoms with Gasteiger partial charge in [-0.05, 0) is 53.8 Å². The van der Waals surface area contributed by atoms with Crippen LogP contribution in [-0.4, -0.2) is 0 Å². The number of fused-ring (bicyclic) bond motifs is 3. The van der Waals surface area contributed by atoms with Crippen molar-refractivity contribution in [2.45, 2.75) is 18.4 Å². The van der Waals surface area contributed by atoms with E-state index in [-0.39, 0.29) is 11.9 Å². The average molecular weight is 300 g/mol. The maximum atomic E-state index is 13.2. The van der Waals surface area contributed by atoms with E-state index >= 15 is 0 Å². The fraction of sp³-hybridized carbons (Fsp3) is 0.222. The molecule has 1 N–H and O–H groups in total. The predicted octanol–water partition coefficient (Wildman–Crippen LogP) is 5.31. The topological polar surface area (TPSA) is 12.0 Å². The second kappa shape index (κ2) is 4.88. The zero-order chi connectivity index (χ0) is 14.4. The number of benzene rings is 2. The van der Waals surface area contributed by atoms with Crippen molar-refractivity contribution < 1.29 is 4.39 Å². The summed E-state index contributed by atoms with van der Waals surface area (Å²) < 4.78 is 13.2. The zero-order valence-corrected chi connectivity index (χ0v) is 12.1. The highest BCUT2D eigenvalue weighted by Gasteiger charge is 2.37. The van der Waals surface area contributed by atoms with Gasteiger partial charge in [-0.3, -0.25) is 0 Å². The first-order valence-corrected chi connectivity index (χ1v) is 7.58. The summed E-state index contributed by atoms with van der Waals surface area (Å²) in [4.78, 5) is 0. The maximum absolute atomic E-state index is 13.2. The molecule has 2 aliphatic rings. The van der Waals surface area contributed by atoms with Crippen LogP contribution in [0.2, 0.25) is 5.02 Å². The number of anilines is 1. The highest BCUT2D eigenvalue weighted by Crippen LogP contribution is 2.50. The third kappa shape index (κ3) is 2.14. The molecule has 0 fully saturated rings. The fourth-order valence-electron chi connectivity index (χ4n) is 3.57. The van der Waals surface area contributed by atoms with E-state index < -0.39 is 0 Å². The molecule has 0 radical (unpaired) electrons. The van der Waals surface area contributed by atoms with Gasteiger partial charge in [0.15, 0.2) is 0 Å². The first-order valence-electron chi connectivity index (χ1n) is 7.20. The van der Waals surface area contributed by atoms with Crippen LogP contribution >= 0.6 is 11.6 Å². The molecule has 0 spiro atoms. The lowest BCUT2D eigenvalue weighted by atomic mass is 9.77. The van der Waals surface area contributed by atoms with Gasteiger partial charge in [0.25, 0.3) is 0 Å². The van der Waals surface area contributed by atoms with Gasteiger partial charge < -0.3 is 5.32 Å². The molecular weight excluding hydrogens is 285 g/mol. The molecule has 0 saturated heterocycles. The van der Waals surface area contributed by atoms with E-state index in [1.807, 2.05) is 24.3 Å². The standard InChI is InChI=1S/C18H15ClFN/c19-12-6-9-17-16(10-12)14-2-1-3-15(14)18(21-17)11-4-7-13(20)8-5-11/h1-2,4-10,14-15,18,21H,3H2/t14-,15+,18+/m0/s1. The van der Waals surface area contributed by atoms with Crippen LogP contribution in [0.5, 0.6) is 0 Å². The van der Waals surface area contributed by atoms with Gasteiger partial charge in [0.2, 0.25) is 0 Å². The molecule has 1 aliphatic carbocycles. The average Bonchev–Trinajstić information content (AvgIpc) is 2.97. The second-order valence-electron chi connectivity index (χ2n) is 5.76. The molecule has 1 nitrogen and oxygen atoms in total. The first-order chi connectivity index (χ1) is 10.2. The van der Waals surface area contributed by atoms with E-state index in [0.29, 0.717) is 11.8 Å². The Bertz CT molecular complexity index is 708. The van der Waals surface area contributed by atoms with Crippen molar-refractivity contribution in [3.8, 4) is 0 Å². The van der Waals surface area contributed by atoms with Gasteiger partial charge in [-0.15, -0.1) is 0 Å². The van der Waals surface area contributed by atoms with Crippen molar-refractivity contribution in [3.05, 3.63) is 76.6 Å². The van der Waals surface area contributed by atoms with Crippen molar-refractivity contribution in [3.63, 3.8) is 0 Å². The molecule has 0 amide bonds. The SMILES string of the molecule is Fc1ccc([C@H]2Nc3ccc(Cl)cc3[C@H]3C=CC[C@H]32)cc1. The monoisotopic (exact) mass is 299 g/mol. The van der Waals surface area contributed by atoms with Gasteiger partial charge in [0.05, 0.1) is 6.04 Å². The van der Waals surface area contributed by atoms with Gasteiger partial charge in [0, 0.05) is 16.6 Å². The van der Waals surface area contributed by atoms with Crippen molar-refractivity contribution in [1.29, 1.82) is 0 Å². The molecule has 21 heavy (non-hydrogen) atoms. The molecule has 106 valence electrons. The van der Waals surface area contributed by atoms with Crippen LogP contribution in [-0.2, 0) is 0 Å². The van der Waals surface area contributed by atoms with Crippen LogP contribution in [0.25, 0.3) is 0 Å². The van der Waals surface area contributed by atoms with Crippen molar-refractivity contribution in [2.24, 2.45) is 5.92 Å². The van der Waals surface area contributed by atoms with Crippen molar-refractivity contribution >= 4 is 17.3 Å². The van der Waals surface area contributed by atoms with E-state index in [2.05, 4.69) is 23.5 Å². The van der Waals surface area contributed by atoms with Crippen molar-refractivity contribution in [1.82, 2.24) is 0 Å². The van der Waals surface area contributed by atoms with Crippen LogP contribution in [0.1, 0.15) is 29.5 Å². The van der Waals surface area contributed by atoms with E-state index in [9.17, 15) is 4.39 Å². The highest BCUT2D eigenvalue weighted by molar-refractivity contribution is 6.30. The molecule has 0 saturated carbocycles. The Hall–Kier alpha value is -1.80. The summed E-state index contributed by atoms with van der Waals surface area (Å²) in [6.07, 6.45) is 5.55. The number of halogens is 2. The Morgan fingerprint density at radius 1 is 1.10 bits per heavy atom. The lowest BCUT2D eigenvalue weighted by molar-refractivity contribution is 0.425. The minimum atomic E-state index is -0.192. The first kappa shape index (κ1) is 12.9. The Kier molecular flexibility index (Phi) is 3.00. The fourth-order valence-corrected chi connectivity index (χ4v) is 3.75. The molecule has 0 bridgehead atoms. The summed E-state index contributed by atoms with van der Waals surface area (Å²) in [6.45, 7) is 0. The highest BCUT2D eigenvalue weighted by atomic mass is 35.5. The Labute approximate surface area is 128 Å². The number of hydrogen-bond donors (Lipinski definition) is 1. The van der Waals surface area contributed by atoms with Crippen LogP contribution in [0.15, 0.2) is 54.6 Å². The van der Waals surface area contributed by atoms with Gasteiger partial charge in [0.1, 0.15) is 5.82 Å². The largest absolute Gasteiger partial charge is 0.378 e. The van der Waals surface area contributed by atoms with Crippen LogP contribution in [0.3, 0.4) is 0 Å². The molecule has 0 aromatic heterocycles. The van der Waals surface area contributed by atoms with E-state index in [1.165, 1.54) is 17.7 Å².